The van der Waals surface area contributed by atoms with Gasteiger partial charge in [0.25, 0.3) is 0 Å². The molecule has 20 heavy (non-hydrogen) atoms. The molecule has 6 nitrogen and oxygen atoms in total. The summed E-state index contributed by atoms with van der Waals surface area (Å²) in [6.45, 7) is 2.62. The largest absolute Gasteiger partial charge is 0.494 e. The molecule has 2 heterocycles. The van der Waals surface area contributed by atoms with Crippen molar-refractivity contribution in [1.29, 1.82) is 0 Å². The lowest BCUT2D eigenvalue weighted by molar-refractivity contribution is 0.340. The fourth-order valence-electron chi connectivity index (χ4n) is 2.08. The monoisotopic (exact) mass is 269 g/mol. The van der Waals surface area contributed by atoms with Crippen molar-refractivity contribution >= 4 is 16.9 Å². The number of nitrogens with zero attached hydrogens (tertiary/aromatic N) is 4. The highest BCUT2D eigenvalue weighted by Crippen LogP contribution is 2.22. The first-order chi connectivity index (χ1) is 9.83. The van der Waals surface area contributed by atoms with E-state index in [1.807, 2.05) is 38.2 Å². The lowest BCUT2D eigenvalue weighted by Gasteiger charge is -2.06. The van der Waals surface area contributed by atoms with Gasteiger partial charge >= 0.3 is 0 Å². The minimum absolute atomic E-state index is 0.656. The highest BCUT2D eigenvalue weighted by molar-refractivity contribution is 5.86. The Morgan fingerprint density at radius 3 is 2.70 bits per heavy atom. The van der Waals surface area contributed by atoms with E-state index < -0.39 is 0 Å². The Morgan fingerprint density at radius 2 is 2.00 bits per heavy atom. The van der Waals surface area contributed by atoms with Gasteiger partial charge in [-0.1, -0.05) is 0 Å². The van der Waals surface area contributed by atoms with E-state index in [9.17, 15) is 0 Å². The third-order valence-corrected chi connectivity index (χ3v) is 2.99. The fraction of sp³-hybridized carbons (Fsp3) is 0.214. The first-order valence-electron chi connectivity index (χ1n) is 6.43. The average molecular weight is 269 g/mol. The molecule has 0 saturated carbocycles. The van der Waals surface area contributed by atoms with Crippen LogP contribution in [0.5, 0.6) is 5.75 Å². The highest BCUT2D eigenvalue weighted by Gasteiger charge is 2.10. The van der Waals surface area contributed by atoms with Crippen LogP contribution in [0.1, 0.15) is 6.92 Å². The van der Waals surface area contributed by atoms with E-state index in [0.717, 1.165) is 28.3 Å². The van der Waals surface area contributed by atoms with Crippen LogP contribution < -0.4 is 10.1 Å². The summed E-state index contributed by atoms with van der Waals surface area (Å²) in [6, 6.07) is 7.76. The molecule has 0 amide bonds. The Kier molecular flexibility index (Phi) is 3.20. The molecule has 0 radical (unpaired) electrons. The summed E-state index contributed by atoms with van der Waals surface area (Å²) in [7, 11) is 1.83. The summed E-state index contributed by atoms with van der Waals surface area (Å²) < 4.78 is 7.22. The molecule has 0 spiro atoms. The molecule has 0 unspecified atom stereocenters. The third-order valence-electron chi connectivity index (χ3n) is 2.99. The maximum Gasteiger partial charge on any atom is 0.168 e. The van der Waals surface area contributed by atoms with Gasteiger partial charge in [-0.25, -0.2) is 14.6 Å². The van der Waals surface area contributed by atoms with Crippen molar-refractivity contribution in [1.82, 2.24) is 19.7 Å². The molecule has 0 fully saturated rings. The van der Waals surface area contributed by atoms with Crippen LogP contribution in [-0.2, 0) is 0 Å². The van der Waals surface area contributed by atoms with Crippen molar-refractivity contribution in [2.75, 3.05) is 19.0 Å². The first kappa shape index (κ1) is 12.4. The molecule has 1 N–H and O–H groups in total. The number of rotatable bonds is 4. The zero-order chi connectivity index (χ0) is 13.9. The van der Waals surface area contributed by atoms with E-state index in [-0.39, 0.29) is 0 Å². The van der Waals surface area contributed by atoms with E-state index in [0.29, 0.717) is 6.61 Å². The van der Waals surface area contributed by atoms with Gasteiger partial charge < -0.3 is 10.1 Å². The Bertz CT molecular complexity index is 720. The van der Waals surface area contributed by atoms with Crippen LogP contribution in [0.25, 0.3) is 16.7 Å². The normalized spacial score (nSPS) is 10.7. The molecule has 102 valence electrons. The third kappa shape index (κ3) is 2.05. The highest BCUT2D eigenvalue weighted by atomic mass is 16.5. The van der Waals surface area contributed by atoms with Gasteiger partial charge in [-0.15, -0.1) is 0 Å². The number of benzene rings is 1. The van der Waals surface area contributed by atoms with Gasteiger partial charge in [0.1, 0.15) is 17.9 Å². The number of aromatic nitrogens is 4. The van der Waals surface area contributed by atoms with E-state index in [1.165, 1.54) is 6.33 Å². The second kappa shape index (κ2) is 5.16. The number of hydrogen-bond donors (Lipinski definition) is 1. The molecular weight excluding hydrogens is 254 g/mol. The molecule has 0 aliphatic heterocycles. The van der Waals surface area contributed by atoms with Gasteiger partial charge in [0.2, 0.25) is 0 Å². The number of ether oxygens (including phenoxy) is 1. The first-order valence-corrected chi connectivity index (χ1v) is 6.43. The number of anilines is 1. The summed E-state index contributed by atoms with van der Waals surface area (Å²) in [4.78, 5) is 8.48. The van der Waals surface area contributed by atoms with Crippen LogP contribution in [-0.4, -0.2) is 33.4 Å². The molecule has 0 atom stereocenters. The molecule has 0 saturated heterocycles. The van der Waals surface area contributed by atoms with Crippen molar-refractivity contribution in [3.63, 3.8) is 0 Å². The molecule has 0 aliphatic rings. The van der Waals surface area contributed by atoms with E-state index in [2.05, 4.69) is 20.4 Å². The van der Waals surface area contributed by atoms with Crippen LogP contribution in [0.15, 0.2) is 36.8 Å². The van der Waals surface area contributed by atoms with Gasteiger partial charge in [-0.05, 0) is 31.2 Å². The Morgan fingerprint density at radius 1 is 1.20 bits per heavy atom. The van der Waals surface area contributed by atoms with Crippen molar-refractivity contribution in [2.24, 2.45) is 0 Å². The minimum atomic E-state index is 0.656. The van der Waals surface area contributed by atoms with Crippen molar-refractivity contribution < 1.29 is 4.74 Å². The summed E-state index contributed by atoms with van der Waals surface area (Å²) in [5.74, 6) is 1.62. The lowest BCUT2D eigenvalue weighted by atomic mass is 10.3. The van der Waals surface area contributed by atoms with E-state index in [4.69, 9.17) is 4.74 Å². The van der Waals surface area contributed by atoms with E-state index >= 15 is 0 Å². The molecule has 6 heteroatoms. The second-order valence-corrected chi connectivity index (χ2v) is 4.19. The van der Waals surface area contributed by atoms with Crippen LogP contribution >= 0.6 is 0 Å². The summed E-state index contributed by atoms with van der Waals surface area (Å²) in [6.07, 6.45) is 3.29. The van der Waals surface area contributed by atoms with Gasteiger partial charge in [0.15, 0.2) is 5.65 Å². The molecule has 3 aromatic rings. The number of hydrogen-bond acceptors (Lipinski definition) is 5. The predicted molar refractivity (Wildman–Crippen MR) is 77.4 cm³/mol. The van der Waals surface area contributed by atoms with Crippen LogP contribution in [0.2, 0.25) is 0 Å². The molecule has 3 rings (SSSR count). The summed E-state index contributed by atoms with van der Waals surface area (Å²) in [5, 5.41) is 8.31. The molecular formula is C14H15N5O. The second-order valence-electron chi connectivity index (χ2n) is 4.19. The topological polar surface area (TPSA) is 64.9 Å². The minimum Gasteiger partial charge on any atom is -0.494 e. The predicted octanol–water partition coefficient (Wildman–Crippen LogP) is 2.26. The Labute approximate surface area is 116 Å². The number of fused-ring (bicyclic) bond motifs is 1. The van der Waals surface area contributed by atoms with Crippen molar-refractivity contribution in [3.8, 4) is 11.4 Å². The van der Waals surface area contributed by atoms with Crippen LogP contribution in [0.4, 0.5) is 5.82 Å². The summed E-state index contributed by atoms with van der Waals surface area (Å²) in [5.41, 5.74) is 1.71. The molecule has 1 aromatic carbocycles. The fourth-order valence-corrected chi connectivity index (χ4v) is 2.08. The Hall–Kier alpha value is -2.63. The average Bonchev–Trinajstić information content (AvgIpc) is 2.92. The SMILES string of the molecule is CCOc1ccc(-n2ncc3c(NC)ncnc32)cc1. The van der Waals surface area contributed by atoms with Gasteiger partial charge in [0, 0.05) is 7.05 Å². The zero-order valence-electron chi connectivity index (χ0n) is 11.4. The molecule has 0 bridgehead atoms. The zero-order valence-corrected chi connectivity index (χ0v) is 11.4. The Balaban J connectivity index is 2.06. The van der Waals surface area contributed by atoms with Gasteiger partial charge in [-0.3, -0.25) is 0 Å². The summed E-state index contributed by atoms with van der Waals surface area (Å²) >= 11 is 0. The molecule has 0 aliphatic carbocycles. The van der Waals surface area contributed by atoms with Crippen molar-refractivity contribution in [3.05, 3.63) is 36.8 Å². The van der Waals surface area contributed by atoms with Gasteiger partial charge in [0.05, 0.1) is 23.9 Å². The van der Waals surface area contributed by atoms with Gasteiger partial charge in [-0.2, -0.15) is 5.10 Å². The van der Waals surface area contributed by atoms with E-state index in [1.54, 1.807) is 10.9 Å². The number of nitrogens with one attached hydrogen (secondary N) is 1. The quantitative estimate of drug-likeness (QED) is 0.787. The van der Waals surface area contributed by atoms with Crippen LogP contribution in [0.3, 0.4) is 0 Å². The lowest BCUT2D eigenvalue weighted by Crippen LogP contribution is -1.99. The maximum absolute atomic E-state index is 5.44. The standard InChI is InChI=1S/C14H15N5O/c1-3-20-11-6-4-10(5-7-11)19-14-12(8-18-19)13(15-2)16-9-17-14/h4-9H,3H2,1-2H3,(H,15,16,17). The van der Waals surface area contributed by atoms with Crippen molar-refractivity contribution in [2.45, 2.75) is 6.92 Å². The smallest absolute Gasteiger partial charge is 0.168 e. The maximum atomic E-state index is 5.44. The molecule has 2 aromatic heterocycles. The van der Waals surface area contributed by atoms with Crippen LogP contribution in [0, 0.1) is 0 Å².